The summed E-state index contributed by atoms with van der Waals surface area (Å²) >= 11 is 0. The summed E-state index contributed by atoms with van der Waals surface area (Å²) in [5.41, 5.74) is 1.88. The first kappa shape index (κ1) is 18.7. The molecule has 1 N–H and O–H groups in total. The molecule has 2 fully saturated rings. The molecule has 3 rings (SSSR count). The van der Waals surface area contributed by atoms with Crippen molar-refractivity contribution in [2.24, 2.45) is 11.8 Å². The van der Waals surface area contributed by atoms with Crippen LogP contribution >= 0.6 is 0 Å². The van der Waals surface area contributed by atoms with E-state index in [9.17, 15) is 5.11 Å². The smallest absolute Gasteiger partial charge is 0.0902 e. The van der Waals surface area contributed by atoms with Crippen LogP contribution in [0.15, 0.2) is 35.9 Å². The van der Waals surface area contributed by atoms with Crippen LogP contribution in [-0.2, 0) is 0 Å². The molecule has 1 aromatic carbocycles. The average Bonchev–Trinajstić information content (AvgIpc) is 2.60. The molecular formula is C23H35NO. The van der Waals surface area contributed by atoms with Gasteiger partial charge in [0.05, 0.1) is 5.60 Å². The molecule has 25 heavy (non-hydrogen) atoms. The van der Waals surface area contributed by atoms with E-state index in [4.69, 9.17) is 0 Å². The third-order valence-corrected chi connectivity index (χ3v) is 6.28. The van der Waals surface area contributed by atoms with Gasteiger partial charge in [-0.05, 0) is 56.8 Å². The van der Waals surface area contributed by atoms with Crippen molar-refractivity contribution in [1.82, 2.24) is 4.90 Å². The van der Waals surface area contributed by atoms with Crippen molar-refractivity contribution in [3.8, 4) is 0 Å². The van der Waals surface area contributed by atoms with E-state index < -0.39 is 5.60 Å². The van der Waals surface area contributed by atoms with Crippen LogP contribution in [0.1, 0.15) is 63.4 Å². The van der Waals surface area contributed by atoms with Gasteiger partial charge in [-0.15, -0.1) is 0 Å². The summed E-state index contributed by atoms with van der Waals surface area (Å²) in [4.78, 5) is 2.25. The van der Waals surface area contributed by atoms with Gasteiger partial charge >= 0.3 is 0 Å². The minimum Gasteiger partial charge on any atom is -0.385 e. The lowest BCUT2D eigenvalue weighted by molar-refractivity contribution is -0.0349. The third kappa shape index (κ3) is 4.74. The fourth-order valence-electron chi connectivity index (χ4n) is 5.02. The van der Waals surface area contributed by atoms with Crippen LogP contribution in [0.4, 0.5) is 0 Å². The van der Waals surface area contributed by atoms with Gasteiger partial charge in [0.15, 0.2) is 0 Å². The second kappa shape index (κ2) is 8.51. The first-order chi connectivity index (χ1) is 12.1. The van der Waals surface area contributed by atoms with Crippen molar-refractivity contribution in [1.29, 1.82) is 0 Å². The maximum Gasteiger partial charge on any atom is 0.0902 e. The lowest BCUT2D eigenvalue weighted by Crippen LogP contribution is -2.48. The van der Waals surface area contributed by atoms with Gasteiger partial charge in [0.2, 0.25) is 0 Å². The van der Waals surface area contributed by atoms with E-state index in [1.807, 2.05) is 0 Å². The predicted octanol–water partition coefficient (Wildman–Crippen LogP) is 5.13. The van der Waals surface area contributed by atoms with Gasteiger partial charge in [0.25, 0.3) is 0 Å². The summed E-state index contributed by atoms with van der Waals surface area (Å²) < 4.78 is 0. The summed E-state index contributed by atoms with van der Waals surface area (Å²) in [6.07, 6.45) is 13.3. The molecule has 2 aliphatic rings. The Morgan fingerprint density at radius 2 is 1.76 bits per heavy atom. The average molecular weight is 342 g/mol. The van der Waals surface area contributed by atoms with E-state index in [0.717, 1.165) is 25.8 Å². The van der Waals surface area contributed by atoms with Crippen LogP contribution in [0.5, 0.6) is 0 Å². The van der Waals surface area contributed by atoms with Gasteiger partial charge in [0, 0.05) is 12.5 Å². The molecule has 0 aromatic heterocycles. The molecule has 0 aliphatic heterocycles. The molecule has 2 saturated carbocycles. The van der Waals surface area contributed by atoms with Gasteiger partial charge in [-0.2, -0.15) is 0 Å². The van der Waals surface area contributed by atoms with E-state index in [-0.39, 0.29) is 0 Å². The molecule has 0 saturated heterocycles. The molecule has 1 aromatic rings. The summed E-state index contributed by atoms with van der Waals surface area (Å²) in [5, 5.41) is 12.0. The van der Waals surface area contributed by atoms with E-state index in [1.54, 1.807) is 0 Å². The normalized spacial score (nSPS) is 30.1. The molecule has 138 valence electrons. The number of aliphatic hydroxyl groups is 1. The standard InChI is InChI=1S/C23H35NO/c1-24(2)18-22-15-9-14-21(16-19-10-5-3-6-11-19)23(22,25)17-20-12-7-4-8-13-20/h3,5-6,10-11,16,20,22,25H,4,7-9,12-15,17-18H2,1-2H3. The Hall–Kier alpha value is -1.12. The highest BCUT2D eigenvalue weighted by Crippen LogP contribution is 2.45. The van der Waals surface area contributed by atoms with Crippen LogP contribution < -0.4 is 0 Å². The lowest BCUT2D eigenvalue weighted by Gasteiger charge is -2.45. The fraction of sp³-hybridized carbons (Fsp3) is 0.652. The molecule has 2 nitrogen and oxygen atoms in total. The quantitative estimate of drug-likeness (QED) is 0.802. The summed E-state index contributed by atoms with van der Waals surface area (Å²) in [6.45, 7) is 0.981. The van der Waals surface area contributed by atoms with Crippen LogP contribution in [-0.4, -0.2) is 36.2 Å². The Balaban J connectivity index is 1.88. The molecule has 2 heteroatoms. The minimum absolute atomic E-state index is 0.355. The summed E-state index contributed by atoms with van der Waals surface area (Å²) in [5.74, 6) is 1.05. The van der Waals surface area contributed by atoms with Crippen molar-refractivity contribution in [3.05, 3.63) is 41.5 Å². The highest BCUT2D eigenvalue weighted by atomic mass is 16.3. The van der Waals surface area contributed by atoms with Gasteiger partial charge in [-0.25, -0.2) is 0 Å². The van der Waals surface area contributed by atoms with E-state index in [1.165, 1.54) is 49.7 Å². The van der Waals surface area contributed by atoms with Crippen LogP contribution in [0.2, 0.25) is 0 Å². The minimum atomic E-state index is -0.625. The largest absolute Gasteiger partial charge is 0.385 e. The Morgan fingerprint density at radius 1 is 1.04 bits per heavy atom. The SMILES string of the molecule is CN(C)CC1CCCC(=Cc2ccccc2)C1(O)CC1CCCCC1. The predicted molar refractivity (Wildman–Crippen MR) is 106 cm³/mol. The Morgan fingerprint density at radius 3 is 2.44 bits per heavy atom. The Bertz CT molecular complexity index is 559. The number of hydrogen-bond donors (Lipinski definition) is 1. The van der Waals surface area contributed by atoms with Gasteiger partial charge in [0.1, 0.15) is 0 Å². The maximum atomic E-state index is 12.0. The van der Waals surface area contributed by atoms with Gasteiger partial charge in [-0.1, -0.05) is 68.5 Å². The number of rotatable bonds is 5. The molecule has 2 unspecified atom stereocenters. The molecule has 0 amide bonds. The van der Waals surface area contributed by atoms with Crippen molar-refractivity contribution in [2.45, 2.75) is 63.4 Å². The van der Waals surface area contributed by atoms with Crippen LogP contribution in [0.25, 0.3) is 6.08 Å². The monoisotopic (exact) mass is 341 g/mol. The highest BCUT2D eigenvalue weighted by molar-refractivity contribution is 5.55. The first-order valence-electron chi connectivity index (χ1n) is 10.2. The molecule has 0 heterocycles. The zero-order chi connectivity index (χ0) is 17.7. The van der Waals surface area contributed by atoms with Crippen molar-refractivity contribution < 1.29 is 5.11 Å². The van der Waals surface area contributed by atoms with E-state index in [2.05, 4.69) is 55.4 Å². The molecule has 2 aliphatic carbocycles. The third-order valence-electron chi connectivity index (χ3n) is 6.28. The molecule has 0 bridgehead atoms. The van der Waals surface area contributed by atoms with Crippen LogP contribution in [0.3, 0.4) is 0 Å². The lowest BCUT2D eigenvalue weighted by atomic mass is 9.66. The summed E-state index contributed by atoms with van der Waals surface area (Å²) in [6, 6.07) is 10.6. The highest BCUT2D eigenvalue weighted by Gasteiger charge is 2.44. The molecule has 0 spiro atoms. The topological polar surface area (TPSA) is 23.5 Å². The first-order valence-corrected chi connectivity index (χ1v) is 10.2. The summed E-state index contributed by atoms with van der Waals surface area (Å²) in [7, 11) is 4.27. The van der Waals surface area contributed by atoms with Crippen LogP contribution in [0, 0.1) is 11.8 Å². The van der Waals surface area contributed by atoms with Gasteiger partial charge < -0.3 is 10.0 Å². The zero-order valence-corrected chi connectivity index (χ0v) is 16.1. The zero-order valence-electron chi connectivity index (χ0n) is 16.1. The van der Waals surface area contributed by atoms with E-state index in [0.29, 0.717) is 11.8 Å². The number of nitrogens with zero attached hydrogens (tertiary/aromatic N) is 1. The molecule has 0 radical (unpaired) electrons. The number of hydrogen-bond acceptors (Lipinski definition) is 2. The Labute approximate surface area is 153 Å². The van der Waals surface area contributed by atoms with Crippen molar-refractivity contribution in [2.75, 3.05) is 20.6 Å². The molecular weight excluding hydrogens is 306 g/mol. The maximum absolute atomic E-state index is 12.0. The Kier molecular flexibility index (Phi) is 6.35. The van der Waals surface area contributed by atoms with Crippen molar-refractivity contribution >= 4 is 6.08 Å². The molecule has 2 atom stereocenters. The van der Waals surface area contributed by atoms with Crippen molar-refractivity contribution in [3.63, 3.8) is 0 Å². The van der Waals surface area contributed by atoms with E-state index >= 15 is 0 Å². The fourth-order valence-corrected chi connectivity index (χ4v) is 5.02. The van der Waals surface area contributed by atoms with Gasteiger partial charge in [-0.3, -0.25) is 0 Å². The number of benzene rings is 1. The second-order valence-corrected chi connectivity index (χ2v) is 8.56. The second-order valence-electron chi connectivity index (χ2n) is 8.56.